The van der Waals surface area contributed by atoms with Gasteiger partial charge in [-0.15, -0.1) is 17.9 Å². The summed E-state index contributed by atoms with van der Waals surface area (Å²) in [6.07, 6.45) is 1.52. The van der Waals surface area contributed by atoms with Crippen LogP contribution in [-0.2, 0) is 0 Å². The van der Waals surface area contributed by atoms with Crippen molar-refractivity contribution < 1.29 is 9.90 Å². The topological polar surface area (TPSA) is 63.3 Å². The molecule has 1 heterocycles. The number of nitrogens with two attached hydrogens (primary N) is 1. The smallest absolute Gasteiger partial charge is 0.346 e. The summed E-state index contributed by atoms with van der Waals surface area (Å²) in [6, 6.07) is 1.32. The van der Waals surface area contributed by atoms with E-state index in [-0.39, 0.29) is 6.04 Å². The third kappa shape index (κ3) is 1.54. The van der Waals surface area contributed by atoms with Crippen molar-refractivity contribution in [3.8, 4) is 0 Å². The van der Waals surface area contributed by atoms with Crippen LogP contribution in [0.2, 0.25) is 0 Å². The van der Waals surface area contributed by atoms with Gasteiger partial charge in [-0.3, -0.25) is 0 Å². The van der Waals surface area contributed by atoms with Crippen LogP contribution < -0.4 is 5.73 Å². The van der Waals surface area contributed by atoms with E-state index < -0.39 is 5.97 Å². The molecule has 0 aliphatic carbocycles. The number of carbonyl (C=O) groups is 1. The van der Waals surface area contributed by atoms with Gasteiger partial charge in [0.05, 0.1) is 0 Å². The molecule has 0 radical (unpaired) electrons. The van der Waals surface area contributed by atoms with Gasteiger partial charge in [-0.05, 0) is 17.0 Å². The minimum absolute atomic E-state index is 0.294. The van der Waals surface area contributed by atoms with E-state index in [0.29, 0.717) is 10.4 Å². The van der Waals surface area contributed by atoms with Crippen molar-refractivity contribution in [1.29, 1.82) is 0 Å². The van der Waals surface area contributed by atoms with Crippen LogP contribution in [0.4, 0.5) is 0 Å². The van der Waals surface area contributed by atoms with E-state index in [4.69, 9.17) is 10.8 Å². The van der Waals surface area contributed by atoms with Gasteiger partial charge in [-0.25, -0.2) is 4.79 Å². The molecule has 0 aliphatic heterocycles. The average molecular weight is 183 g/mol. The van der Waals surface area contributed by atoms with Crippen LogP contribution >= 0.6 is 11.3 Å². The zero-order valence-corrected chi connectivity index (χ0v) is 7.17. The molecule has 0 amide bonds. The lowest BCUT2D eigenvalue weighted by molar-refractivity contribution is 0.0701. The third-order valence-corrected chi connectivity index (χ3v) is 2.42. The highest BCUT2D eigenvalue weighted by Crippen LogP contribution is 2.22. The zero-order chi connectivity index (χ0) is 9.14. The highest BCUT2D eigenvalue weighted by atomic mass is 32.1. The first-order valence-electron chi connectivity index (χ1n) is 3.35. The maximum atomic E-state index is 10.6. The van der Waals surface area contributed by atoms with E-state index in [1.807, 2.05) is 0 Å². The van der Waals surface area contributed by atoms with Crippen LogP contribution in [-0.4, -0.2) is 11.1 Å². The molecule has 0 unspecified atom stereocenters. The van der Waals surface area contributed by atoms with Crippen molar-refractivity contribution in [2.24, 2.45) is 5.73 Å². The number of hydrogen-bond donors (Lipinski definition) is 2. The molecule has 1 rings (SSSR count). The number of carboxylic acids is 1. The first kappa shape index (κ1) is 8.96. The summed E-state index contributed by atoms with van der Waals surface area (Å²) in [7, 11) is 0. The second-order valence-electron chi connectivity index (χ2n) is 2.27. The Morgan fingerprint density at radius 1 is 1.83 bits per heavy atom. The van der Waals surface area contributed by atoms with Crippen molar-refractivity contribution >= 4 is 17.3 Å². The number of rotatable bonds is 3. The van der Waals surface area contributed by atoms with Gasteiger partial charge in [-0.1, -0.05) is 6.08 Å². The molecule has 0 bridgehead atoms. The summed E-state index contributed by atoms with van der Waals surface area (Å²) >= 11 is 1.17. The number of aromatic carboxylic acids is 1. The van der Waals surface area contributed by atoms with E-state index in [2.05, 4.69) is 6.58 Å². The van der Waals surface area contributed by atoms with Crippen molar-refractivity contribution in [2.75, 3.05) is 0 Å². The Kier molecular flexibility index (Phi) is 2.62. The Labute approximate surface area is 74.1 Å². The summed E-state index contributed by atoms with van der Waals surface area (Å²) in [5.74, 6) is -0.933. The molecule has 4 heteroatoms. The molecule has 0 aromatic carbocycles. The molecule has 3 nitrogen and oxygen atoms in total. The summed E-state index contributed by atoms with van der Waals surface area (Å²) in [5, 5.41) is 10.4. The van der Waals surface area contributed by atoms with Gasteiger partial charge in [0.15, 0.2) is 0 Å². The summed E-state index contributed by atoms with van der Waals surface area (Å²) in [6.45, 7) is 3.50. The maximum absolute atomic E-state index is 10.6. The Hall–Kier alpha value is -1.13. The molecule has 1 aromatic rings. The summed E-state index contributed by atoms with van der Waals surface area (Å²) in [5.41, 5.74) is 6.23. The first-order valence-corrected chi connectivity index (χ1v) is 4.23. The lowest BCUT2D eigenvalue weighted by Crippen LogP contribution is -2.09. The monoisotopic (exact) mass is 183 g/mol. The second-order valence-corrected chi connectivity index (χ2v) is 3.19. The fraction of sp³-hybridized carbons (Fsp3) is 0.125. The highest BCUT2D eigenvalue weighted by Gasteiger charge is 2.14. The third-order valence-electron chi connectivity index (χ3n) is 1.50. The molecular weight excluding hydrogens is 174 g/mol. The maximum Gasteiger partial charge on any atom is 0.346 e. The number of carboxylic acid groups (broad SMARTS) is 1. The molecule has 1 atom stereocenters. The van der Waals surface area contributed by atoms with Gasteiger partial charge in [0.2, 0.25) is 0 Å². The molecule has 0 aliphatic rings. The molecule has 0 saturated heterocycles. The lowest BCUT2D eigenvalue weighted by Gasteiger charge is -2.03. The Morgan fingerprint density at radius 2 is 2.50 bits per heavy atom. The predicted octanol–water partition coefficient (Wildman–Crippen LogP) is 1.63. The largest absolute Gasteiger partial charge is 0.477 e. The predicted molar refractivity (Wildman–Crippen MR) is 48.4 cm³/mol. The quantitative estimate of drug-likeness (QED) is 0.700. The highest BCUT2D eigenvalue weighted by molar-refractivity contribution is 7.12. The van der Waals surface area contributed by atoms with E-state index >= 15 is 0 Å². The van der Waals surface area contributed by atoms with Gasteiger partial charge in [0.25, 0.3) is 0 Å². The van der Waals surface area contributed by atoms with Gasteiger partial charge in [-0.2, -0.15) is 0 Å². The average Bonchev–Trinajstić information content (AvgIpc) is 2.50. The Morgan fingerprint density at radius 3 is 3.00 bits per heavy atom. The Bertz CT molecular complexity index is 306. The molecule has 0 fully saturated rings. The Balaban J connectivity index is 3.06. The van der Waals surface area contributed by atoms with Crippen molar-refractivity contribution in [1.82, 2.24) is 0 Å². The van der Waals surface area contributed by atoms with Crippen LogP contribution in [0.1, 0.15) is 21.3 Å². The van der Waals surface area contributed by atoms with E-state index in [1.165, 1.54) is 17.4 Å². The van der Waals surface area contributed by atoms with Crippen molar-refractivity contribution in [3.05, 3.63) is 34.5 Å². The van der Waals surface area contributed by atoms with Crippen molar-refractivity contribution in [3.63, 3.8) is 0 Å². The summed E-state index contributed by atoms with van der Waals surface area (Å²) in [4.78, 5) is 10.9. The first-order chi connectivity index (χ1) is 5.66. The molecular formula is C8H9NO2S. The normalized spacial score (nSPS) is 12.4. The fourth-order valence-corrected chi connectivity index (χ4v) is 1.67. The number of thiophene rings is 1. The van der Waals surface area contributed by atoms with Crippen LogP contribution in [0.25, 0.3) is 0 Å². The standard InChI is InChI=1S/C8H9NO2S/c1-2-6(9)5-3-4-12-7(5)8(10)11/h2-4,6H,1,9H2,(H,10,11)/t6-/m1/s1. The summed E-state index contributed by atoms with van der Waals surface area (Å²) < 4.78 is 0. The van der Waals surface area contributed by atoms with Crippen LogP contribution in [0.5, 0.6) is 0 Å². The van der Waals surface area contributed by atoms with Gasteiger partial charge >= 0.3 is 5.97 Å². The van der Waals surface area contributed by atoms with E-state index in [9.17, 15) is 4.79 Å². The van der Waals surface area contributed by atoms with E-state index in [0.717, 1.165) is 0 Å². The minimum Gasteiger partial charge on any atom is -0.477 e. The molecule has 0 saturated carbocycles. The van der Waals surface area contributed by atoms with Gasteiger partial charge in [0.1, 0.15) is 4.88 Å². The van der Waals surface area contributed by atoms with Crippen LogP contribution in [0.15, 0.2) is 24.1 Å². The molecule has 3 N–H and O–H groups in total. The van der Waals surface area contributed by atoms with Crippen LogP contribution in [0.3, 0.4) is 0 Å². The zero-order valence-electron chi connectivity index (χ0n) is 6.36. The fourth-order valence-electron chi connectivity index (χ4n) is 0.882. The van der Waals surface area contributed by atoms with Crippen molar-refractivity contribution in [2.45, 2.75) is 6.04 Å². The molecule has 1 aromatic heterocycles. The molecule has 0 spiro atoms. The number of hydrogen-bond acceptors (Lipinski definition) is 3. The van der Waals surface area contributed by atoms with Crippen LogP contribution in [0, 0.1) is 0 Å². The molecule has 64 valence electrons. The molecule has 12 heavy (non-hydrogen) atoms. The minimum atomic E-state index is -0.933. The second kappa shape index (κ2) is 3.51. The van der Waals surface area contributed by atoms with Gasteiger partial charge < -0.3 is 10.8 Å². The van der Waals surface area contributed by atoms with E-state index in [1.54, 1.807) is 11.4 Å². The van der Waals surface area contributed by atoms with Gasteiger partial charge in [0, 0.05) is 6.04 Å². The lowest BCUT2D eigenvalue weighted by atomic mass is 10.1. The SMILES string of the molecule is C=C[C@@H](N)c1ccsc1C(=O)O.